The number of halogens is 4. The van der Waals surface area contributed by atoms with Crippen molar-refractivity contribution in [2.45, 2.75) is 107 Å². The third-order valence-corrected chi connectivity index (χ3v) is 7.93. The maximum absolute atomic E-state index is 13.0. The Morgan fingerprint density at radius 1 is 1.08 bits per heavy atom. The molecule has 0 saturated heterocycles. The standard InChI is InChI=1S/C24H28ClF3N2O5.C2H6/c25-15-2-4-18-14(9-15)1-3-19(34-18)21(32)30-23-7-5-22(13-23,6-8-23)29-20(31)12-33-16-10-17(11-16)35-24(26,27)28;1-2/h2,4,9,16-17,19H,1,3,5-8,10-13H2,(H,29,31)(H,30,32);1-2H3. The summed E-state index contributed by atoms with van der Waals surface area (Å²) < 4.78 is 51.9. The Morgan fingerprint density at radius 3 is 2.38 bits per heavy atom. The summed E-state index contributed by atoms with van der Waals surface area (Å²) in [5.74, 6) is 0.249. The minimum atomic E-state index is -4.65. The molecule has 0 radical (unpaired) electrons. The van der Waals surface area contributed by atoms with E-state index in [4.69, 9.17) is 21.1 Å². The number of carbonyl (C=O) groups is 2. The van der Waals surface area contributed by atoms with Crippen molar-refractivity contribution >= 4 is 23.4 Å². The van der Waals surface area contributed by atoms with E-state index in [0.717, 1.165) is 31.2 Å². The van der Waals surface area contributed by atoms with Gasteiger partial charge in [-0.2, -0.15) is 0 Å². The summed E-state index contributed by atoms with van der Waals surface area (Å²) in [6.45, 7) is 3.80. The largest absolute Gasteiger partial charge is 0.522 e. The van der Waals surface area contributed by atoms with Crippen LogP contribution in [0.5, 0.6) is 5.75 Å². The van der Waals surface area contributed by atoms with Crippen LogP contribution in [0.3, 0.4) is 0 Å². The number of fused-ring (bicyclic) bond motifs is 3. The monoisotopic (exact) mass is 546 g/mol. The van der Waals surface area contributed by atoms with Crippen LogP contribution >= 0.6 is 11.6 Å². The summed E-state index contributed by atoms with van der Waals surface area (Å²) in [7, 11) is 0. The zero-order valence-electron chi connectivity index (χ0n) is 21.1. The molecule has 3 aliphatic carbocycles. The first-order chi connectivity index (χ1) is 17.5. The van der Waals surface area contributed by atoms with Crippen LogP contribution in [0.2, 0.25) is 5.02 Å². The van der Waals surface area contributed by atoms with Crippen molar-refractivity contribution in [3.05, 3.63) is 28.8 Å². The normalized spacial score (nSPS) is 31.8. The highest BCUT2D eigenvalue weighted by Crippen LogP contribution is 2.50. The zero-order valence-corrected chi connectivity index (χ0v) is 21.8. The van der Waals surface area contributed by atoms with Gasteiger partial charge in [0.1, 0.15) is 12.4 Å². The molecule has 1 unspecified atom stereocenters. The maximum atomic E-state index is 13.0. The van der Waals surface area contributed by atoms with Crippen LogP contribution in [0, 0.1) is 0 Å². The lowest BCUT2D eigenvalue weighted by Crippen LogP contribution is -2.51. The molecule has 2 amide bonds. The predicted molar refractivity (Wildman–Crippen MR) is 130 cm³/mol. The number of benzene rings is 1. The van der Waals surface area contributed by atoms with Crippen molar-refractivity contribution in [2.24, 2.45) is 0 Å². The van der Waals surface area contributed by atoms with Gasteiger partial charge in [0.05, 0.1) is 12.2 Å². The second kappa shape index (κ2) is 11.0. The Bertz CT molecular complexity index is 991. The molecule has 0 aromatic heterocycles. The highest BCUT2D eigenvalue weighted by atomic mass is 35.5. The van der Waals surface area contributed by atoms with E-state index < -0.39 is 30.2 Å². The van der Waals surface area contributed by atoms with Gasteiger partial charge in [0.2, 0.25) is 5.91 Å². The molecule has 0 spiro atoms. The number of amides is 2. The number of aryl methyl sites for hydroxylation is 1. The fourth-order valence-corrected chi connectivity index (χ4v) is 6.09. The van der Waals surface area contributed by atoms with Crippen molar-refractivity contribution in [3.63, 3.8) is 0 Å². The lowest BCUT2D eigenvalue weighted by molar-refractivity contribution is -0.357. The second-order valence-corrected chi connectivity index (χ2v) is 10.7. The Labute approximate surface area is 219 Å². The van der Waals surface area contributed by atoms with Gasteiger partial charge in [0, 0.05) is 28.9 Å². The van der Waals surface area contributed by atoms with Crippen LogP contribution in [0.15, 0.2) is 18.2 Å². The number of rotatable bonds is 7. The topological polar surface area (TPSA) is 85.9 Å². The average molecular weight is 547 g/mol. The van der Waals surface area contributed by atoms with E-state index in [0.29, 0.717) is 30.0 Å². The number of nitrogens with one attached hydrogen (secondary N) is 2. The van der Waals surface area contributed by atoms with E-state index >= 15 is 0 Å². The SMILES string of the molecule is CC.O=C(COC1CC(OC(F)(F)F)C1)NC12CCC(NC(=O)C3CCc4cc(Cl)ccc4O3)(CC1)C2. The number of carbonyl (C=O) groups excluding carboxylic acids is 2. The molecule has 3 saturated carbocycles. The van der Waals surface area contributed by atoms with Crippen LogP contribution in [0.1, 0.15) is 70.8 Å². The van der Waals surface area contributed by atoms with Gasteiger partial charge in [-0.1, -0.05) is 25.4 Å². The van der Waals surface area contributed by atoms with E-state index in [1.807, 2.05) is 19.9 Å². The third-order valence-electron chi connectivity index (χ3n) is 7.70. The molecule has 11 heteroatoms. The van der Waals surface area contributed by atoms with Gasteiger partial charge < -0.3 is 20.1 Å². The van der Waals surface area contributed by atoms with Crippen molar-refractivity contribution in [1.82, 2.24) is 10.6 Å². The molecule has 3 fully saturated rings. The summed E-state index contributed by atoms with van der Waals surface area (Å²) in [6.07, 6.45) is -1.35. The first kappa shape index (κ1) is 28.0. The zero-order chi connectivity index (χ0) is 26.8. The van der Waals surface area contributed by atoms with E-state index in [1.165, 1.54) is 0 Å². The first-order valence-electron chi connectivity index (χ1n) is 13.0. The lowest BCUT2D eigenvalue weighted by Gasteiger charge is -2.35. The Balaban J connectivity index is 0.00000156. The molecule has 5 rings (SSSR count). The molecule has 4 aliphatic rings. The molecule has 1 aliphatic heterocycles. The van der Waals surface area contributed by atoms with Crippen molar-refractivity contribution in [3.8, 4) is 5.75 Å². The summed E-state index contributed by atoms with van der Waals surface area (Å²) in [5, 5.41) is 6.91. The van der Waals surface area contributed by atoms with Gasteiger partial charge in [0.25, 0.3) is 5.91 Å². The van der Waals surface area contributed by atoms with Crippen molar-refractivity contribution in [2.75, 3.05) is 6.61 Å². The highest BCUT2D eigenvalue weighted by molar-refractivity contribution is 6.30. The van der Waals surface area contributed by atoms with Gasteiger partial charge in [-0.05, 0) is 68.7 Å². The molecule has 37 heavy (non-hydrogen) atoms. The van der Waals surface area contributed by atoms with E-state index in [2.05, 4.69) is 15.4 Å². The van der Waals surface area contributed by atoms with Crippen LogP contribution in [0.25, 0.3) is 0 Å². The van der Waals surface area contributed by atoms with Gasteiger partial charge in [0.15, 0.2) is 6.10 Å². The van der Waals surface area contributed by atoms with Crippen LogP contribution in [-0.2, 0) is 25.5 Å². The molecular weight excluding hydrogens is 513 g/mol. The molecule has 2 bridgehead atoms. The van der Waals surface area contributed by atoms with Crippen LogP contribution in [0.4, 0.5) is 13.2 Å². The summed E-state index contributed by atoms with van der Waals surface area (Å²) >= 11 is 6.04. The van der Waals surface area contributed by atoms with Crippen molar-refractivity contribution in [1.29, 1.82) is 0 Å². The molecule has 1 heterocycles. The number of hydrogen-bond acceptors (Lipinski definition) is 5. The lowest BCUT2D eigenvalue weighted by atomic mass is 9.90. The fourth-order valence-electron chi connectivity index (χ4n) is 5.89. The first-order valence-corrected chi connectivity index (χ1v) is 13.3. The average Bonchev–Trinajstić information content (AvgIpc) is 3.35. The van der Waals surface area contributed by atoms with Crippen LogP contribution in [-0.4, -0.2) is 54.2 Å². The highest BCUT2D eigenvalue weighted by Gasteiger charge is 2.56. The van der Waals surface area contributed by atoms with Gasteiger partial charge in [-0.15, -0.1) is 13.2 Å². The quantitative estimate of drug-likeness (QED) is 0.511. The minimum Gasteiger partial charge on any atom is -0.480 e. The maximum Gasteiger partial charge on any atom is 0.522 e. The van der Waals surface area contributed by atoms with Crippen molar-refractivity contribution < 1.29 is 37.0 Å². The molecular formula is C26H34ClF3N2O5. The predicted octanol–water partition coefficient (Wildman–Crippen LogP) is 4.83. The molecule has 1 atom stereocenters. The molecule has 2 N–H and O–H groups in total. The van der Waals surface area contributed by atoms with E-state index in [-0.39, 0.29) is 36.8 Å². The van der Waals surface area contributed by atoms with E-state index in [1.54, 1.807) is 12.1 Å². The summed E-state index contributed by atoms with van der Waals surface area (Å²) in [6, 6.07) is 5.39. The third kappa shape index (κ3) is 6.70. The Hall–Kier alpha value is -2.04. The molecule has 7 nitrogen and oxygen atoms in total. The Morgan fingerprint density at radius 2 is 1.73 bits per heavy atom. The van der Waals surface area contributed by atoms with Crippen LogP contribution < -0.4 is 15.4 Å². The van der Waals surface area contributed by atoms with Gasteiger partial charge in [-0.25, -0.2) is 0 Å². The molecule has 206 valence electrons. The molecule has 1 aromatic carbocycles. The second-order valence-electron chi connectivity index (χ2n) is 10.3. The summed E-state index contributed by atoms with van der Waals surface area (Å²) in [5.41, 5.74) is 0.229. The smallest absolute Gasteiger partial charge is 0.480 e. The summed E-state index contributed by atoms with van der Waals surface area (Å²) in [4.78, 5) is 25.5. The fraction of sp³-hybridized carbons (Fsp3) is 0.692. The number of ether oxygens (including phenoxy) is 3. The number of alkyl halides is 3. The minimum absolute atomic E-state index is 0.119. The van der Waals surface area contributed by atoms with E-state index in [9.17, 15) is 22.8 Å². The van der Waals surface area contributed by atoms with Gasteiger partial charge in [-0.3, -0.25) is 14.3 Å². The Kier molecular flexibility index (Phi) is 8.30. The molecule has 1 aromatic rings. The number of hydrogen-bond donors (Lipinski definition) is 2. The van der Waals surface area contributed by atoms with Gasteiger partial charge >= 0.3 is 6.36 Å².